The Morgan fingerprint density at radius 2 is 1.15 bits per heavy atom. The standard InChI is InChI=1S/2C14H19N3O2.H2O/c2*1-9-12(17-11(3)18)5-4-6-13(9)19-10(2)14-15-7-8-16-14;/h2*4-6,10H,7-8H2,1-3H3,(H,15,16)(H,17,18);1H2. The first-order valence-electron chi connectivity index (χ1n) is 12.8. The fourth-order valence-electron chi connectivity index (χ4n) is 4.00. The lowest BCUT2D eigenvalue weighted by atomic mass is 10.1. The van der Waals surface area contributed by atoms with Crippen molar-refractivity contribution >= 4 is 34.9 Å². The quantitative estimate of drug-likeness (QED) is 0.403. The monoisotopic (exact) mass is 540 g/mol. The molecule has 11 heteroatoms. The molecule has 0 aliphatic carbocycles. The summed E-state index contributed by atoms with van der Waals surface area (Å²) in [6, 6.07) is 11.2. The van der Waals surface area contributed by atoms with Crippen molar-refractivity contribution < 1.29 is 24.5 Å². The van der Waals surface area contributed by atoms with E-state index in [0.29, 0.717) is 0 Å². The number of nitrogens with zero attached hydrogens (tertiary/aromatic N) is 2. The van der Waals surface area contributed by atoms with E-state index in [1.54, 1.807) is 0 Å². The number of rotatable bonds is 8. The van der Waals surface area contributed by atoms with Gasteiger partial charge in [-0.15, -0.1) is 0 Å². The first-order valence-corrected chi connectivity index (χ1v) is 12.8. The van der Waals surface area contributed by atoms with E-state index in [2.05, 4.69) is 31.3 Å². The van der Waals surface area contributed by atoms with Crippen LogP contribution in [0, 0.1) is 13.8 Å². The molecule has 0 spiro atoms. The molecule has 0 radical (unpaired) electrons. The van der Waals surface area contributed by atoms with Crippen LogP contribution in [0.15, 0.2) is 46.4 Å². The van der Waals surface area contributed by atoms with Gasteiger partial charge < -0.3 is 36.2 Å². The van der Waals surface area contributed by atoms with Gasteiger partial charge in [-0.1, -0.05) is 12.1 Å². The molecule has 2 unspecified atom stereocenters. The van der Waals surface area contributed by atoms with Crippen molar-refractivity contribution in [2.75, 3.05) is 36.8 Å². The molecule has 2 aromatic rings. The van der Waals surface area contributed by atoms with Crippen molar-refractivity contribution in [3.05, 3.63) is 47.5 Å². The number of ether oxygens (including phenoxy) is 2. The van der Waals surface area contributed by atoms with E-state index in [1.165, 1.54) is 13.8 Å². The molecule has 2 aliphatic heterocycles. The molecule has 0 aromatic heterocycles. The van der Waals surface area contributed by atoms with Crippen LogP contribution in [0.25, 0.3) is 0 Å². The van der Waals surface area contributed by atoms with Crippen molar-refractivity contribution in [2.24, 2.45) is 9.98 Å². The SMILES string of the molecule is CC(=O)Nc1cccc(OC(C)C2=NCCN2)c1C.CC(=O)Nc1cccc(OC(C)C2=NCCN2)c1C.O. The number of benzene rings is 2. The summed E-state index contributed by atoms with van der Waals surface area (Å²) in [5, 5.41) is 12.0. The molecule has 11 nitrogen and oxygen atoms in total. The largest absolute Gasteiger partial charge is 0.482 e. The predicted molar refractivity (Wildman–Crippen MR) is 155 cm³/mol. The summed E-state index contributed by atoms with van der Waals surface area (Å²) >= 11 is 0. The van der Waals surface area contributed by atoms with E-state index in [1.807, 2.05) is 64.1 Å². The fraction of sp³-hybridized carbons (Fsp3) is 0.429. The highest BCUT2D eigenvalue weighted by Gasteiger charge is 2.18. The topological polar surface area (TPSA) is 157 Å². The molecule has 2 amide bonds. The maximum absolute atomic E-state index is 11.1. The van der Waals surface area contributed by atoms with Crippen molar-refractivity contribution in [2.45, 2.75) is 53.8 Å². The third-order valence-corrected chi connectivity index (χ3v) is 5.97. The molecule has 2 atom stereocenters. The third kappa shape index (κ3) is 8.99. The van der Waals surface area contributed by atoms with Crippen LogP contribution >= 0.6 is 0 Å². The first kappa shape index (κ1) is 31.1. The van der Waals surface area contributed by atoms with Gasteiger partial charge in [-0.2, -0.15) is 0 Å². The summed E-state index contributed by atoms with van der Waals surface area (Å²) in [7, 11) is 0. The molecule has 4 rings (SSSR count). The number of aliphatic imine (C=N–C) groups is 2. The van der Waals surface area contributed by atoms with Gasteiger partial charge in [0.05, 0.1) is 13.1 Å². The number of amides is 2. The minimum absolute atomic E-state index is 0. The van der Waals surface area contributed by atoms with Crippen LogP contribution in [-0.4, -0.2) is 67.3 Å². The van der Waals surface area contributed by atoms with E-state index in [0.717, 1.165) is 71.9 Å². The summed E-state index contributed by atoms with van der Waals surface area (Å²) in [5.74, 6) is 3.10. The molecule has 0 fully saturated rings. The summed E-state index contributed by atoms with van der Waals surface area (Å²) in [6.45, 7) is 14.1. The second kappa shape index (κ2) is 14.7. The van der Waals surface area contributed by atoms with Crippen LogP contribution in [-0.2, 0) is 9.59 Å². The maximum atomic E-state index is 11.1. The minimum atomic E-state index is -0.117. The molecule has 2 heterocycles. The van der Waals surface area contributed by atoms with Gasteiger partial charge in [0.2, 0.25) is 11.8 Å². The Morgan fingerprint density at radius 1 is 0.769 bits per heavy atom. The van der Waals surface area contributed by atoms with E-state index >= 15 is 0 Å². The van der Waals surface area contributed by atoms with E-state index < -0.39 is 0 Å². The number of amidine groups is 2. The smallest absolute Gasteiger partial charge is 0.221 e. The van der Waals surface area contributed by atoms with Crippen LogP contribution in [0.1, 0.15) is 38.8 Å². The zero-order chi connectivity index (χ0) is 27.7. The van der Waals surface area contributed by atoms with E-state index in [4.69, 9.17) is 9.47 Å². The van der Waals surface area contributed by atoms with Gasteiger partial charge in [0, 0.05) is 49.4 Å². The van der Waals surface area contributed by atoms with Gasteiger partial charge in [0.15, 0.2) is 12.2 Å². The van der Waals surface area contributed by atoms with Crippen molar-refractivity contribution in [3.63, 3.8) is 0 Å². The molecule has 2 aromatic carbocycles. The third-order valence-electron chi connectivity index (χ3n) is 5.97. The normalized spacial score (nSPS) is 15.0. The first-order chi connectivity index (χ1) is 18.2. The Labute approximate surface area is 229 Å². The Bertz CT molecular complexity index is 1120. The van der Waals surface area contributed by atoms with Crippen LogP contribution in [0.5, 0.6) is 11.5 Å². The van der Waals surface area contributed by atoms with Gasteiger partial charge in [0.1, 0.15) is 23.2 Å². The fourth-order valence-corrected chi connectivity index (χ4v) is 4.00. The van der Waals surface area contributed by atoms with Crippen molar-refractivity contribution in [1.82, 2.24) is 10.6 Å². The lowest BCUT2D eigenvalue weighted by molar-refractivity contribution is -0.115. The average Bonchev–Trinajstić information content (AvgIpc) is 3.59. The molecule has 2 aliphatic rings. The highest BCUT2D eigenvalue weighted by molar-refractivity contribution is 5.91. The van der Waals surface area contributed by atoms with Gasteiger partial charge in [-0.25, -0.2) is 0 Å². The van der Waals surface area contributed by atoms with Gasteiger partial charge >= 0.3 is 0 Å². The highest BCUT2D eigenvalue weighted by Crippen LogP contribution is 2.27. The summed E-state index contributed by atoms with van der Waals surface area (Å²) in [4.78, 5) is 30.9. The zero-order valence-corrected chi connectivity index (χ0v) is 23.5. The Kier molecular flexibility index (Phi) is 11.7. The van der Waals surface area contributed by atoms with Crippen molar-refractivity contribution in [3.8, 4) is 11.5 Å². The van der Waals surface area contributed by atoms with Crippen LogP contribution in [0.4, 0.5) is 11.4 Å². The van der Waals surface area contributed by atoms with Crippen LogP contribution in [0.2, 0.25) is 0 Å². The molecule has 39 heavy (non-hydrogen) atoms. The Hall–Kier alpha value is -4.12. The molecule has 0 bridgehead atoms. The number of carbonyl (C=O) groups excluding carboxylic acids is 2. The molecule has 0 saturated heterocycles. The second-order valence-electron chi connectivity index (χ2n) is 9.13. The lowest BCUT2D eigenvalue weighted by Crippen LogP contribution is -2.33. The summed E-state index contributed by atoms with van der Waals surface area (Å²) in [5.41, 5.74) is 3.39. The molecule has 212 valence electrons. The van der Waals surface area contributed by atoms with Crippen LogP contribution < -0.4 is 30.7 Å². The predicted octanol–water partition coefficient (Wildman–Crippen LogP) is 2.62. The number of anilines is 2. The van der Waals surface area contributed by atoms with Gasteiger partial charge in [-0.05, 0) is 52.0 Å². The number of hydrogen-bond acceptors (Lipinski definition) is 8. The molecule has 6 N–H and O–H groups in total. The number of hydrogen-bond donors (Lipinski definition) is 4. The number of carbonyl (C=O) groups is 2. The number of nitrogens with one attached hydrogen (secondary N) is 4. The molecular formula is C28H40N6O5. The Balaban J connectivity index is 0.000000267. The Morgan fingerprint density at radius 3 is 1.46 bits per heavy atom. The highest BCUT2D eigenvalue weighted by atomic mass is 16.5. The minimum Gasteiger partial charge on any atom is -0.482 e. The molecular weight excluding hydrogens is 500 g/mol. The lowest BCUT2D eigenvalue weighted by Gasteiger charge is -2.18. The van der Waals surface area contributed by atoms with Gasteiger partial charge in [-0.3, -0.25) is 19.6 Å². The van der Waals surface area contributed by atoms with E-state index in [9.17, 15) is 9.59 Å². The summed E-state index contributed by atoms with van der Waals surface area (Å²) in [6.07, 6.45) is -0.234. The summed E-state index contributed by atoms with van der Waals surface area (Å²) < 4.78 is 11.8. The van der Waals surface area contributed by atoms with Crippen LogP contribution in [0.3, 0.4) is 0 Å². The van der Waals surface area contributed by atoms with E-state index in [-0.39, 0.29) is 29.5 Å². The maximum Gasteiger partial charge on any atom is 0.221 e. The second-order valence-corrected chi connectivity index (χ2v) is 9.13. The zero-order valence-electron chi connectivity index (χ0n) is 23.5. The molecule has 0 saturated carbocycles. The van der Waals surface area contributed by atoms with Gasteiger partial charge in [0.25, 0.3) is 0 Å². The average molecular weight is 541 g/mol. The van der Waals surface area contributed by atoms with Crippen molar-refractivity contribution in [1.29, 1.82) is 0 Å².